The molecule has 3 aromatic rings. The molecule has 0 fully saturated rings. The summed E-state index contributed by atoms with van der Waals surface area (Å²) >= 11 is 1.35. The molecule has 9 nitrogen and oxygen atoms in total. The van der Waals surface area contributed by atoms with Crippen LogP contribution in [0, 0.1) is 0 Å². The molecule has 0 bridgehead atoms. The van der Waals surface area contributed by atoms with Gasteiger partial charge in [0.2, 0.25) is 5.89 Å². The highest BCUT2D eigenvalue weighted by atomic mass is 32.2. The summed E-state index contributed by atoms with van der Waals surface area (Å²) in [6, 6.07) is 3.35. The predicted molar refractivity (Wildman–Crippen MR) is 118 cm³/mol. The number of rotatable bonds is 6. The number of hydrogen-bond donors (Lipinski definition) is 0. The van der Waals surface area contributed by atoms with Gasteiger partial charge in [0.1, 0.15) is 5.03 Å². The molecule has 0 aliphatic heterocycles. The second-order valence-corrected chi connectivity index (χ2v) is 10.9. The van der Waals surface area contributed by atoms with Crippen LogP contribution in [0.1, 0.15) is 101 Å². The molecule has 0 spiro atoms. The number of aromatic nitrogens is 5. The molecule has 0 aromatic carbocycles. The van der Waals surface area contributed by atoms with Gasteiger partial charge in [-0.1, -0.05) is 63.6 Å². The summed E-state index contributed by atoms with van der Waals surface area (Å²) in [6.07, 6.45) is 0.920. The van der Waals surface area contributed by atoms with Gasteiger partial charge in [-0.25, -0.2) is 9.78 Å². The Morgan fingerprint density at radius 1 is 0.969 bits per heavy atom. The fraction of sp³-hybridized carbons (Fsp3) is 0.545. The van der Waals surface area contributed by atoms with Gasteiger partial charge in [-0.05, 0) is 26.0 Å². The first kappa shape index (κ1) is 23.9. The topological polar surface area (TPSA) is 117 Å². The number of nitrogens with zero attached hydrogens (tertiary/aromatic N) is 5. The molecular weight excluding hydrogens is 430 g/mol. The Balaban J connectivity index is 1.73. The summed E-state index contributed by atoms with van der Waals surface area (Å²) in [6.45, 7) is 15.6. The lowest BCUT2D eigenvalue weighted by atomic mass is 9.96. The monoisotopic (exact) mass is 459 g/mol. The summed E-state index contributed by atoms with van der Waals surface area (Å²) < 4.78 is 16.3. The zero-order valence-electron chi connectivity index (χ0n) is 19.7. The predicted octanol–water partition coefficient (Wildman–Crippen LogP) is 5.21. The lowest BCUT2D eigenvalue weighted by molar-refractivity contribution is 0.0260. The zero-order valence-corrected chi connectivity index (χ0v) is 20.5. The third-order valence-corrected chi connectivity index (χ3v) is 5.59. The van der Waals surface area contributed by atoms with Gasteiger partial charge in [-0.3, -0.25) is 0 Å². The Bertz CT molecular complexity index is 1080. The van der Waals surface area contributed by atoms with E-state index in [1.165, 1.54) is 11.8 Å². The van der Waals surface area contributed by atoms with Crippen LogP contribution in [0.2, 0.25) is 0 Å². The fourth-order valence-electron chi connectivity index (χ4n) is 2.54. The van der Waals surface area contributed by atoms with E-state index >= 15 is 0 Å². The minimum Gasteiger partial charge on any atom is -0.449 e. The van der Waals surface area contributed by atoms with Gasteiger partial charge in [-0.2, -0.15) is 9.97 Å². The fourth-order valence-corrected chi connectivity index (χ4v) is 3.47. The highest BCUT2D eigenvalue weighted by Crippen LogP contribution is 2.36. The van der Waals surface area contributed by atoms with Crippen molar-refractivity contribution in [1.29, 1.82) is 0 Å². The number of carbonyl (C=O) groups is 1. The molecule has 0 amide bonds. The molecule has 3 rings (SSSR count). The molecular formula is C22H29N5O4S. The van der Waals surface area contributed by atoms with Crippen LogP contribution in [0.5, 0.6) is 0 Å². The van der Waals surface area contributed by atoms with Gasteiger partial charge in [0.05, 0.1) is 10.8 Å². The van der Waals surface area contributed by atoms with Crippen molar-refractivity contribution in [1.82, 2.24) is 25.3 Å². The van der Waals surface area contributed by atoms with E-state index < -0.39 is 12.1 Å². The molecule has 172 valence electrons. The van der Waals surface area contributed by atoms with Crippen LogP contribution in [-0.2, 0) is 15.6 Å². The summed E-state index contributed by atoms with van der Waals surface area (Å²) in [5.74, 6) is 1.37. The number of esters is 1. The van der Waals surface area contributed by atoms with E-state index in [0.29, 0.717) is 28.1 Å². The van der Waals surface area contributed by atoms with Gasteiger partial charge in [0.25, 0.3) is 5.89 Å². The number of pyridine rings is 1. The molecule has 0 aliphatic carbocycles. The number of ether oxygens (including phenoxy) is 1. The van der Waals surface area contributed by atoms with Gasteiger partial charge in [0.15, 0.2) is 17.8 Å². The molecule has 32 heavy (non-hydrogen) atoms. The first-order valence-electron chi connectivity index (χ1n) is 10.4. The van der Waals surface area contributed by atoms with E-state index in [-0.39, 0.29) is 22.0 Å². The molecule has 3 heterocycles. The van der Waals surface area contributed by atoms with Gasteiger partial charge in [-0.15, -0.1) is 0 Å². The van der Waals surface area contributed by atoms with Crippen molar-refractivity contribution < 1.29 is 18.6 Å². The second kappa shape index (κ2) is 9.01. The van der Waals surface area contributed by atoms with Crippen LogP contribution in [0.3, 0.4) is 0 Å². The smallest absolute Gasteiger partial charge is 0.341 e. The van der Waals surface area contributed by atoms with Crippen LogP contribution >= 0.6 is 11.8 Å². The third kappa shape index (κ3) is 5.53. The Labute approximate surface area is 191 Å². The Kier molecular flexibility index (Phi) is 6.73. The lowest BCUT2D eigenvalue weighted by Crippen LogP contribution is -2.14. The van der Waals surface area contributed by atoms with E-state index in [9.17, 15) is 4.79 Å². The summed E-state index contributed by atoms with van der Waals surface area (Å²) in [5.41, 5.74) is -0.150. The molecule has 0 radical (unpaired) electrons. The average Bonchev–Trinajstić information content (AvgIpc) is 3.37. The highest BCUT2D eigenvalue weighted by molar-refractivity contribution is 7.99. The molecule has 3 aromatic heterocycles. The van der Waals surface area contributed by atoms with Crippen molar-refractivity contribution in [3.63, 3.8) is 0 Å². The average molecular weight is 460 g/mol. The minimum atomic E-state index is -0.702. The molecule has 2 atom stereocenters. The Hall–Kier alpha value is -2.75. The van der Waals surface area contributed by atoms with E-state index in [1.54, 1.807) is 25.3 Å². The number of hydrogen-bond acceptors (Lipinski definition) is 10. The van der Waals surface area contributed by atoms with E-state index in [4.69, 9.17) is 13.8 Å². The van der Waals surface area contributed by atoms with E-state index in [0.717, 1.165) is 0 Å². The van der Waals surface area contributed by atoms with Crippen molar-refractivity contribution in [2.45, 2.75) is 82.6 Å². The molecule has 10 heteroatoms. The molecule has 0 unspecified atom stereocenters. The second-order valence-electron chi connectivity index (χ2n) is 9.58. The maximum Gasteiger partial charge on any atom is 0.341 e. The lowest BCUT2D eigenvalue weighted by Gasteiger charge is -2.13. The summed E-state index contributed by atoms with van der Waals surface area (Å²) in [7, 11) is 0. The van der Waals surface area contributed by atoms with Crippen molar-refractivity contribution in [2.75, 3.05) is 0 Å². The summed E-state index contributed by atoms with van der Waals surface area (Å²) in [5, 5.41) is 8.35. The van der Waals surface area contributed by atoms with Crippen molar-refractivity contribution in [2.24, 2.45) is 0 Å². The Morgan fingerprint density at radius 2 is 1.53 bits per heavy atom. The van der Waals surface area contributed by atoms with E-state index in [2.05, 4.69) is 25.3 Å². The van der Waals surface area contributed by atoms with Crippen molar-refractivity contribution >= 4 is 17.7 Å². The largest absolute Gasteiger partial charge is 0.449 e. The highest BCUT2D eigenvalue weighted by Gasteiger charge is 2.28. The van der Waals surface area contributed by atoms with Crippen LogP contribution in [0.4, 0.5) is 0 Å². The van der Waals surface area contributed by atoms with E-state index in [1.807, 2.05) is 48.5 Å². The third-order valence-electron chi connectivity index (χ3n) is 4.48. The quantitative estimate of drug-likeness (QED) is 0.359. The van der Waals surface area contributed by atoms with Crippen molar-refractivity contribution in [3.05, 3.63) is 47.3 Å². The Morgan fingerprint density at radius 3 is 2.09 bits per heavy atom. The first-order valence-corrected chi connectivity index (χ1v) is 11.2. The van der Waals surface area contributed by atoms with Crippen LogP contribution in [-0.4, -0.2) is 31.2 Å². The van der Waals surface area contributed by atoms with Crippen LogP contribution < -0.4 is 0 Å². The SMILES string of the molecule is C[C@H](Sc1ncccc1C(=O)O[C@H](C)c1nc(C(C)(C)C)no1)c1nc(C(C)(C)C)no1. The normalized spacial score (nSPS) is 14.2. The molecule has 0 N–H and O–H groups in total. The molecule has 0 aliphatic rings. The van der Waals surface area contributed by atoms with Crippen LogP contribution in [0.15, 0.2) is 32.4 Å². The first-order chi connectivity index (χ1) is 14.9. The maximum absolute atomic E-state index is 12.9. The van der Waals surface area contributed by atoms with Crippen LogP contribution in [0.25, 0.3) is 0 Å². The van der Waals surface area contributed by atoms with Gasteiger partial charge < -0.3 is 13.8 Å². The maximum atomic E-state index is 12.9. The van der Waals surface area contributed by atoms with Gasteiger partial charge in [0, 0.05) is 17.0 Å². The van der Waals surface area contributed by atoms with Crippen molar-refractivity contribution in [3.8, 4) is 0 Å². The summed E-state index contributed by atoms with van der Waals surface area (Å²) in [4.78, 5) is 26.1. The standard InChI is InChI=1S/C22H29N5O4S/c1-12(15-24-19(26-30-15)21(3,4)5)29-18(28)14-10-9-11-23-17(14)32-13(2)16-25-20(27-31-16)22(6,7)8/h9-13H,1-8H3/t12-,13+/m1/s1. The number of thioether (sulfide) groups is 1. The molecule has 0 saturated carbocycles. The molecule has 0 saturated heterocycles. The van der Waals surface area contributed by atoms with Gasteiger partial charge >= 0.3 is 5.97 Å². The number of carbonyl (C=O) groups excluding carboxylic acids is 1. The zero-order chi connectivity index (χ0) is 23.7. The minimum absolute atomic E-state index is 0.206.